The molecule has 0 bridgehead atoms. The van der Waals surface area contributed by atoms with Crippen LogP contribution in [0.5, 0.6) is 0 Å². The second kappa shape index (κ2) is 17.1. The Labute approximate surface area is 161 Å². The van der Waals surface area contributed by atoms with Gasteiger partial charge >= 0.3 is 0 Å². The van der Waals surface area contributed by atoms with Gasteiger partial charge in [0.1, 0.15) is 6.29 Å². The average Bonchev–Trinajstić information content (AvgIpc) is 2.63. The van der Waals surface area contributed by atoms with Crippen molar-refractivity contribution in [3.63, 3.8) is 0 Å². The van der Waals surface area contributed by atoms with Gasteiger partial charge in [-0.05, 0) is 44.3 Å². The highest BCUT2D eigenvalue weighted by molar-refractivity contribution is 5.48. The molecule has 0 rings (SSSR count). The first-order valence-corrected chi connectivity index (χ1v) is 9.78. The number of hydrogen-bond acceptors (Lipinski definition) is 5. The van der Waals surface area contributed by atoms with Crippen molar-refractivity contribution in [1.82, 2.24) is 0 Å². The molecule has 0 aliphatic heterocycles. The third-order valence-corrected chi connectivity index (χ3v) is 4.14. The van der Waals surface area contributed by atoms with Crippen molar-refractivity contribution in [1.29, 1.82) is 0 Å². The predicted molar refractivity (Wildman–Crippen MR) is 106 cm³/mol. The predicted octanol–water partition coefficient (Wildman–Crippen LogP) is 5.76. The van der Waals surface area contributed by atoms with E-state index in [0.717, 1.165) is 57.7 Å². The number of allylic oxidation sites excluding steroid dienone is 4. The average molecular weight is 380 g/mol. The maximum atomic E-state index is 11.1. The topological polar surface area (TPSA) is 103 Å². The van der Waals surface area contributed by atoms with E-state index in [2.05, 4.69) is 6.92 Å². The van der Waals surface area contributed by atoms with Crippen molar-refractivity contribution in [3.05, 3.63) is 55.9 Å². The van der Waals surface area contributed by atoms with E-state index < -0.39 is 9.85 Å². The van der Waals surface area contributed by atoms with Crippen molar-refractivity contribution in [2.75, 3.05) is 0 Å². The van der Waals surface area contributed by atoms with Crippen molar-refractivity contribution in [2.24, 2.45) is 0 Å². The molecule has 27 heavy (non-hydrogen) atoms. The van der Waals surface area contributed by atoms with Crippen LogP contribution in [0.2, 0.25) is 0 Å². The molecule has 0 aromatic heterocycles. The van der Waals surface area contributed by atoms with Crippen LogP contribution >= 0.6 is 0 Å². The maximum Gasteiger partial charge on any atom is 0.246 e. The minimum Gasteiger partial charge on any atom is -0.303 e. The molecular formula is C20H32N2O5. The van der Waals surface area contributed by atoms with Crippen LogP contribution in [0.15, 0.2) is 35.7 Å². The quantitative estimate of drug-likeness (QED) is 0.105. The fourth-order valence-corrected chi connectivity index (χ4v) is 2.52. The Hall–Kier alpha value is -2.31. The molecule has 0 aliphatic carbocycles. The number of aldehydes is 1. The summed E-state index contributed by atoms with van der Waals surface area (Å²) in [6.07, 6.45) is 16.6. The van der Waals surface area contributed by atoms with E-state index in [4.69, 9.17) is 0 Å². The number of carbonyl (C=O) groups excluding carboxylic acids is 1. The number of rotatable bonds is 17. The Balaban J connectivity index is 4.42. The summed E-state index contributed by atoms with van der Waals surface area (Å²) in [5, 5.41) is 22.2. The second-order valence-corrected chi connectivity index (χ2v) is 6.44. The van der Waals surface area contributed by atoms with Crippen LogP contribution in [0.25, 0.3) is 0 Å². The van der Waals surface area contributed by atoms with Gasteiger partial charge in [0, 0.05) is 6.42 Å². The number of carbonyl (C=O) groups is 1. The molecule has 152 valence electrons. The highest BCUT2D eigenvalue weighted by atomic mass is 16.6. The summed E-state index contributed by atoms with van der Waals surface area (Å²) in [5.41, 5.74) is 0.00305. The smallest absolute Gasteiger partial charge is 0.246 e. The summed E-state index contributed by atoms with van der Waals surface area (Å²) in [7, 11) is 0. The minimum absolute atomic E-state index is 0.0152. The number of unbranched alkanes of at least 4 members (excludes halogenated alkanes) is 8. The molecular weight excluding hydrogens is 348 g/mol. The Morgan fingerprint density at radius 3 is 1.93 bits per heavy atom. The minimum atomic E-state index is -0.474. The maximum absolute atomic E-state index is 11.1. The molecule has 0 N–H and O–H groups in total. The SMILES string of the molecule is CCCCC/C=C(/C/C=C(/C/C=C/CCCCCCC=O)[N+](=O)[O-])[N+](=O)[O-]. The number of nitro groups is 2. The first kappa shape index (κ1) is 24.7. The molecule has 7 heteroatoms. The van der Waals surface area contributed by atoms with Crippen molar-refractivity contribution in [3.8, 4) is 0 Å². The monoisotopic (exact) mass is 380 g/mol. The summed E-state index contributed by atoms with van der Waals surface area (Å²) in [5.74, 6) is 0. The highest BCUT2D eigenvalue weighted by Gasteiger charge is 2.13. The van der Waals surface area contributed by atoms with Crippen molar-refractivity contribution < 1.29 is 14.6 Å². The first-order chi connectivity index (χ1) is 13.0. The third kappa shape index (κ3) is 14.5. The fourth-order valence-electron chi connectivity index (χ4n) is 2.52. The van der Waals surface area contributed by atoms with E-state index in [1.807, 2.05) is 6.08 Å². The molecule has 0 aromatic carbocycles. The van der Waals surface area contributed by atoms with Gasteiger partial charge in [-0.25, -0.2) is 0 Å². The van der Waals surface area contributed by atoms with Gasteiger partial charge in [-0.2, -0.15) is 0 Å². The van der Waals surface area contributed by atoms with Crippen LogP contribution in [0.1, 0.15) is 84.0 Å². The highest BCUT2D eigenvalue weighted by Crippen LogP contribution is 2.13. The molecule has 0 unspecified atom stereocenters. The largest absolute Gasteiger partial charge is 0.303 e. The van der Waals surface area contributed by atoms with Crippen molar-refractivity contribution >= 4 is 6.29 Å². The third-order valence-electron chi connectivity index (χ3n) is 4.14. The molecule has 0 atom stereocenters. The molecule has 0 aliphatic rings. The van der Waals surface area contributed by atoms with E-state index in [-0.39, 0.29) is 24.2 Å². The Kier molecular flexibility index (Phi) is 15.7. The van der Waals surface area contributed by atoms with Crippen LogP contribution in [0, 0.1) is 20.2 Å². The van der Waals surface area contributed by atoms with Crippen LogP contribution in [0.4, 0.5) is 0 Å². The lowest BCUT2D eigenvalue weighted by atomic mass is 10.1. The Morgan fingerprint density at radius 2 is 1.33 bits per heavy atom. The van der Waals surface area contributed by atoms with E-state index in [0.29, 0.717) is 12.8 Å². The van der Waals surface area contributed by atoms with Crippen LogP contribution in [-0.4, -0.2) is 16.1 Å². The molecule has 0 saturated carbocycles. The van der Waals surface area contributed by atoms with Crippen LogP contribution in [0.3, 0.4) is 0 Å². The van der Waals surface area contributed by atoms with E-state index in [1.165, 1.54) is 6.08 Å². The Bertz CT molecular complexity index is 538. The Morgan fingerprint density at radius 1 is 0.741 bits per heavy atom. The lowest BCUT2D eigenvalue weighted by molar-refractivity contribution is -0.431. The van der Waals surface area contributed by atoms with E-state index >= 15 is 0 Å². The summed E-state index contributed by atoms with van der Waals surface area (Å²) in [6, 6.07) is 0. The molecule has 0 radical (unpaired) electrons. The molecule has 7 nitrogen and oxygen atoms in total. The summed E-state index contributed by atoms with van der Waals surface area (Å²) in [4.78, 5) is 31.5. The van der Waals surface area contributed by atoms with Gasteiger partial charge in [0.15, 0.2) is 0 Å². The summed E-state index contributed by atoms with van der Waals surface area (Å²) >= 11 is 0. The zero-order valence-corrected chi connectivity index (χ0v) is 16.3. The normalized spacial score (nSPS) is 12.5. The van der Waals surface area contributed by atoms with Gasteiger partial charge in [-0.15, -0.1) is 0 Å². The van der Waals surface area contributed by atoms with Gasteiger partial charge in [-0.3, -0.25) is 20.2 Å². The van der Waals surface area contributed by atoms with Gasteiger partial charge in [0.25, 0.3) is 0 Å². The van der Waals surface area contributed by atoms with Crippen LogP contribution in [-0.2, 0) is 4.79 Å². The van der Waals surface area contributed by atoms with Gasteiger partial charge in [-0.1, -0.05) is 44.8 Å². The van der Waals surface area contributed by atoms with Gasteiger partial charge < -0.3 is 4.79 Å². The second-order valence-electron chi connectivity index (χ2n) is 6.44. The van der Waals surface area contributed by atoms with Gasteiger partial charge in [0.2, 0.25) is 11.4 Å². The first-order valence-electron chi connectivity index (χ1n) is 9.78. The van der Waals surface area contributed by atoms with Crippen LogP contribution < -0.4 is 0 Å². The molecule has 0 saturated heterocycles. The standard InChI is InChI=1S/C20H32N2O5/c1-2-3-4-11-14-19(21(24)25)16-17-20(22(26)27)15-12-9-7-5-6-8-10-13-18-23/h9,12,14,17-18H,2-8,10-11,13,15-16H2,1H3/b12-9+,19-14-,20-17-. The lowest BCUT2D eigenvalue weighted by Gasteiger charge is -1.98. The van der Waals surface area contributed by atoms with Crippen molar-refractivity contribution in [2.45, 2.75) is 84.0 Å². The molecule has 0 heterocycles. The lowest BCUT2D eigenvalue weighted by Crippen LogP contribution is -2.01. The zero-order valence-electron chi connectivity index (χ0n) is 16.3. The molecule has 0 spiro atoms. The molecule has 0 aromatic rings. The zero-order chi connectivity index (χ0) is 20.3. The van der Waals surface area contributed by atoms with Gasteiger partial charge in [0.05, 0.1) is 22.7 Å². The summed E-state index contributed by atoms with van der Waals surface area (Å²) in [6.45, 7) is 2.06. The van der Waals surface area contributed by atoms with E-state index in [1.54, 1.807) is 12.2 Å². The molecule has 0 amide bonds. The number of nitrogens with zero attached hydrogens (tertiary/aromatic N) is 2. The molecule has 0 fully saturated rings. The summed E-state index contributed by atoms with van der Waals surface area (Å²) < 4.78 is 0. The van der Waals surface area contributed by atoms with E-state index in [9.17, 15) is 25.0 Å². The fraction of sp³-hybridized carbons (Fsp3) is 0.650. The number of hydrogen-bond donors (Lipinski definition) is 0.